The quantitative estimate of drug-likeness (QED) is 0.251. The van der Waals surface area contributed by atoms with Crippen LogP contribution in [0.4, 0.5) is 13.2 Å². The lowest BCUT2D eigenvalue weighted by atomic mass is 9.97. The van der Waals surface area contributed by atoms with Gasteiger partial charge in [0.1, 0.15) is 37.1 Å². The number of nitrogens with zero attached hydrogens (tertiary/aromatic N) is 3. The minimum Gasteiger partial charge on any atom is -0.406 e. The minimum absolute atomic E-state index is 0.0258. The number of aromatic nitrogens is 3. The highest BCUT2D eigenvalue weighted by molar-refractivity contribution is 5.60. The summed E-state index contributed by atoms with van der Waals surface area (Å²) in [6.07, 6.45) is -1.23. The van der Waals surface area contributed by atoms with Crippen molar-refractivity contribution in [3.63, 3.8) is 0 Å². The number of halogens is 3. The third kappa shape index (κ3) is 7.54. The lowest BCUT2D eigenvalue weighted by molar-refractivity contribution is -0.323. The fourth-order valence-corrected chi connectivity index (χ4v) is 4.68. The zero-order chi connectivity index (χ0) is 28.0. The molecule has 1 saturated heterocycles. The molecular weight excluding hydrogens is 525 g/mol. The molecule has 2 aliphatic rings. The zero-order valence-electron chi connectivity index (χ0n) is 22.1. The second-order valence-corrected chi connectivity index (χ2v) is 9.06. The van der Waals surface area contributed by atoms with Crippen LogP contribution in [0.25, 0.3) is 11.3 Å². The number of allylic oxidation sites excluding steroid dienone is 1. The minimum atomic E-state index is -4.74. The van der Waals surface area contributed by atoms with Crippen molar-refractivity contribution in [3.8, 4) is 11.4 Å². The second-order valence-electron chi connectivity index (χ2n) is 9.06. The molecule has 216 valence electrons. The van der Waals surface area contributed by atoms with Crippen LogP contribution in [-0.4, -0.2) is 86.0 Å². The van der Waals surface area contributed by atoms with Gasteiger partial charge in [-0.25, -0.2) is 9.67 Å². The van der Waals surface area contributed by atoms with Crippen LogP contribution in [0.3, 0.4) is 0 Å². The first kappa shape index (κ1) is 29.4. The summed E-state index contributed by atoms with van der Waals surface area (Å²) in [5.41, 5.74) is 4.34. The van der Waals surface area contributed by atoms with Crippen LogP contribution >= 0.6 is 0 Å². The van der Waals surface area contributed by atoms with Gasteiger partial charge in [-0.05, 0) is 56.0 Å². The number of rotatable bonds is 11. The van der Waals surface area contributed by atoms with E-state index < -0.39 is 18.8 Å². The topological polar surface area (TPSA) is 107 Å². The molecule has 1 fully saturated rings. The van der Waals surface area contributed by atoms with Crippen LogP contribution in [0.1, 0.15) is 32.0 Å². The van der Waals surface area contributed by atoms with Crippen LogP contribution in [0.5, 0.6) is 5.75 Å². The highest BCUT2D eigenvalue weighted by atomic mass is 19.4. The summed E-state index contributed by atoms with van der Waals surface area (Å²) in [6, 6.07) is 5.42. The van der Waals surface area contributed by atoms with E-state index in [-0.39, 0.29) is 36.9 Å². The van der Waals surface area contributed by atoms with Crippen molar-refractivity contribution >= 4 is 5.57 Å². The van der Waals surface area contributed by atoms with Gasteiger partial charge in [0.05, 0.1) is 17.9 Å². The summed E-state index contributed by atoms with van der Waals surface area (Å²) < 4.78 is 70.9. The molecule has 1 aliphatic carbocycles. The number of hydrogen-bond donors (Lipinski definition) is 1. The number of hydrogen-bond acceptors (Lipinski definition) is 10. The van der Waals surface area contributed by atoms with Crippen LogP contribution in [0.2, 0.25) is 0 Å². The van der Waals surface area contributed by atoms with Gasteiger partial charge >= 0.3 is 6.36 Å². The molecule has 6 atom stereocenters. The Hall–Kier alpha value is -2.59. The van der Waals surface area contributed by atoms with Crippen LogP contribution in [0, 0.1) is 0 Å². The monoisotopic (exact) mass is 558 g/mol. The Morgan fingerprint density at radius 3 is 2.38 bits per heavy atom. The van der Waals surface area contributed by atoms with Gasteiger partial charge in [0.25, 0.3) is 0 Å². The van der Waals surface area contributed by atoms with Crippen molar-refractivity contribution in [2.75, 3.05) is 28.1 Å². The first-order valence-electron chi connectivity index (χ1n) is 12.4. The van der Waals surface area contributed by atoms with E-state index in [1.54, 1.807) is 21.3 Å². The Bertz CT molecular complexity index is 1080. The highest BCUT2D eigenvalue weighted by Gasteiger charge is 2.46. The Morgan fingerprint density at radius 1 is 1.05 bits per heavy atom. The highest BCUT2D eigenvalue weighted by Crippen LogP contribution is 2.29. The van der Waals surface area contributed by atoms with E-state index in [4.69, 9.17) is 28.5 Å². The van der Waals surface area contributed by atoms with Gasteiger partial charge in [-0.2, -0.15) is 5.48 Å². The molecule has 1 aromatic heterocycles. The summed E-state index contributed by atoms with van der Waals surface area (Å²) in [5.74, 6) is 0.257. The first-order chi connectivity index (χ1) is 18.7. The molecule has 1 unspecified atom stereocenters. The molecule has 1 N–H and O–H groups in total. The molecular formula is C25H33F3N4O7. The van der Waals surface area contributed by atoms with Crippen molar-refractivity contribution < 1.29 is 46.4 Å². The SMILES string of the molecule is CO[C@@H]1[C@@H](OC)[C@H](C)O[C@@H](ONCOC2CC=C(c3ncn(-c4ccc(OC(F)(F)F)cc4)n3)CC2)[C@@H]1OC. The van der Waals surface area contributed by atoms with Gasteiger partial charge in [-0.15, -0.1) is 18.3 Å². The maximum absolute atomic E-state index is 12.4. The number of ether oxygens (including phenoxy) is 6. The molecule has 14 heteroatoms. The molecule has 39 heavy (non-hydrogen) atoms. The molecule has 11 nitrogen and oxygen atoms in total. The van der Waals surface area contributed by atoms with Gasteiger partial charge in [-0.3, -0.25) is 4.84 Å². The predicted octanol–water partition coefficient (Wildman–Crippen LogP) is 3.39. The van der Waals surface area contributed by atoms with E-state index in [0.717, 1.165) is 12.0 Å². The molecule has 0 saturated carbocycles. The van der Waals surface area contributed by atoms with Crippen LogP contribution in [0.15, 0.2) is 36.7 Å². The summed E-state index contributed by atoms with van der Waals surface area (Å²) >= 11 is 0. The molecule has 4 rings (SSSR count). The summed E-state index contributed by atoms with van der Waals surface area (Å²) in [7, 11) is 4.75. The number of hydroxylamine groups is 1. The molecule has 1 aliphatic heterocycles. The largest absolute Gasteiger partial charge is 0.573 e. The number of nitrogens with one attached hydrogen (secondary N) is 1. The maximum atomic E-state index is 12.4. The van der Waals surface area contributed by atoms with Crippen molar-refractivity contribution in [1.29, 1.82) is 0 Å². The maximum Gasteiger partial charge on any atom is 0.573 e. The van der Waals surface area contributed by atoms with Crippen molar-refractivity contribution in [2.24, 2.45) is 0 Å². The molecule has 2 aromatic rings. The summed E-state index contributed by atoms with van der Waals surface area (Å²) in [4.78, 5) is 10.0. The van der Waals surface area contributed by atoms with E-state index in [0.29, 0.717) is 24.4 Å². The lowest BCUT2D eigenvalue weighted by Crippen LogP contribution is -2.60. The van der Waals surface area contributed by atoms with Gasteiger partial charge in [-0.1, -0.05) is 6.08 Å². The number of alkyl halides is 3. The molecule has 1 aromatic carbocycles. The molecule has 2 heterocycles. The molecule has 0 radical (unpaired) electrons. The van der Waals surface area contributed by atoms with E-state index in [1.165, 1.54) is 35.3 Å². The average molecular weight is 559 g/mol. The summed E-state index contributed by atoms with van der Waals surface area (Å²) in [5, 5.41) is 4.46. The fraction of sp³-hybridized carbons (Fsp3) is 0.600. The molecule has 0 spiro atoms. The number of methoxy groups -OCH3 is 3. The third-order valence-corrected chi connectivity index (χ3v) is 6.60. The van der Waals surface area contributed by atoms with Crippen molar-refractivity contribution in [1.82, 2.24) is 20.2 Å². The van der Waals surface area contributed by atoms with Crippen molar-refractivity contribution in [2.45, 2.75) is 69.4 Å². The third-order valence-electron chi connectivity index (χ3n) is 6.60. The van der Waals surface area contributed by atoms with Gasteiger partial charge in [0.2, 0.25) is 6.29 Å². The van der Waals surface area contributed by atoms with E-state index >= 15 is 0 Å². The van der Waals surface area contributed by atoms with E-state index in [2.05, 4.69) is 20.3 Å². The van der Waals surface area contributed by atoms with Crippen LogP contribution in [-0.2, 0) is 28.5 Å². The van der Waals surface area contributed by atoms with Gasteiger partial charge < -0.3 is 28.4 Å². The Kier molecular flexibility index (Phi) is 9.93. The predicted molar refractivity (Wildman–Crippen MR) is 131 cm³/mol. The Morgan fingerprint density at radius 2 is 1.77 bits per heavy atom. The normalized spacial score (nSPS) is 27.8. The van der Waals surface area contributed by atoms with E-state index in [9.17, 15) is 13.2 Å². The van der Waals surface area contributed by atoms with Crippen molar-refractivity contribution in [3.05, 3.63) is 42.5 Å². The average Bonchev–Trinajstić information content (AvgIpc) is 3.41. The van der Waals surface area contributed by atoms with Gasteiger partial charge in [0, 0.05) is 21.3 Å². The second kappa shape index (κ2) is 13.2. The molecule has 0 amide bonds. The Labute approximate surface area is 224 Å². The van der Waals surface area contributed by atoms with Crippen LogP contribution < -0.4 is 10.2 Å². The first-order valence-corrected chi connectivity index (χ1v) is 12.4. The smallest absolute Gasteiger partial charge is 0.406 e. The standard InChI is InChI=1S/C25H33F3N4O7/c1-15-20(33-2)21(34-3)22(35-4)24(37-15)39-30-14-36-18-9-5-16(6-10-18)23-29-13-32(31-23)17-7-11-19(12-8-17)38-25(26,27)28/h5,7-8,11-13,15,18,20-22,24,30H,6,9-10,14H2,1-4H3/t15-,18?,20-,21+,22+,24-/m0/s1. The summed E-state index contributed by atoms with van der Waals surface area (Å²) in [6.45, 7) is 2.02. The van der Waals surface area contributed by atoms with E-state index in [1.807, 2.05) is 13.0 Å². The fourth-order valence-electron chi connectivity index (χ4n) is 4.68. The van der Waals surface area contributed by atoms with Gasteiger partial charge in [0.15, 0.2) is 5.82 Å². The Balaban J connectivity index is 1.23. The number of benzene rings is 1. The molecule has 0 bridgehead atoms. The lowest BCUT2D eigenvalue weighted by Gasteiger charge is -2.43. The zero-order valence-corrected chi connectivity index (χ0v) is 22.1.